The molecule has 160 valence electrons. The van der Waals surface area contributed by atoms with Crippen LogP contribution in [0, 0.1) is 5.82 Å². The fourth-order valence-electron chi connectivity index (χ4n) is 4.55. The van der Waals surface area contributed by atoms with E-state index < -0.39 is 0 Å². The van der Waals surface area contributed by atoms with E-state index in [1.807, 2.05) is 48.5 Å². The summed E-state index contributed by atoms with van der Waals surface area (Å²) in [6.07, 6.45) is 0.849. The van der Waals surface area contributed by atoms with E-state index >= 15 is 0 Å². The number of carbonyl (C=O) groups excluding carboxylic acids is 1. The summed E-state index contributed by atoms with van der Waals surface area (Å²) in [5.41, 5.74) is 3.51. The van der Waals surface area contributed by atoms with E-state index in [1.54, 1.807) is 18.2 Å². The highest BCUT2D eigenvalue weighted by Gasteiger charge is 2.33. The van der Waals surface area contributed by atoms with E-state index in [9.17, 15) is 9.18 Å². The minimum atomic E-state index is -0.315. The summed E-state index contributed by atoms with van der Waals surface area (Å²) in [5, 5.41) is 14.5. The molecule has 32 heavy (non-hydrogen) atoms. The van der Waals surface area contributed by atoms with Crippen LogP contribution in [-0.4, -0.2) is 35.6 Å². The van der Waals surface area contributed by atoms with Crippen LogP contribution >= 0.6 is 0 Å². The predicted molar refractivity (Wildman–Crippen MR) is 124 cm³/mol. The van der Waals surface area contributed by atoms with Gasteiger partial charge in [-0.15, -0.1) is 5.10 Å². The maximum atomic E-state index is 14.6. The van der Waals surface area contributed by atoms with Gasteiger partial charge in [-0.3, -0.25) is 4.79 Å². The molecule has 0 spiro atoms. The first-order chi connectivity index (χ1) is 15.7. The van der Waals surface area contributed by atoms with Crippen molar-refractivity contribution in [2.24, 2.45) is 0 Å². The van der Waals surface area contributed by atoms with Gasteiger partial charge in [0.2, 0.25) is 0 Å². The molecule has 2 atom stereocenters. The van der Waals surface area contributed by atoms with Crippen LogP contribution < -0.4 is 10.2 Å². The molecule has 2 unspecified atom stereocenters. The summed E-state index contributed by atoms with van der Waals surface area (Å²) in [7, 11) is 0. The van der Waals surface area contributed by atoms with E-state index in [2.05, 4.69) is 27.3 Å². The van der Waals surface area contributed by atoms with Gasteiger partial charge < -0.3 is 10.2 Å². The molecule has 1 aliphatic rings. The molecule has 0 amide bonds. The summed E-state index contributed by atoms with van der Waals surface area (Å²) < 4.78 is 14.6. The standard InChI is InChI=1S/C26H23FN4O/c1-17-26(31(15-14-28-17)19-12-10-18(16-32)11-13-19)25-21-7-3-2-6-20(21)24(29-30-25)22-8-4-5-9-23(22)27/h2-13,16-17,26,28H,14-15H2,1H3. The Balaban J connectivity index is 1.66. The lowest BCUT2D eigenvalue weighted by atomic mass is 9.94. The van der Waals surface area contributed by atoms with Crippen LogP contribution in [0.15, 0.2) is 72.8 Å². The average molecular weight is 426 g/mol. The number of piperazine rings is 1. The average Bonchev–Trinajstić information content (AvgIpc) is 2.84. The Kier molecular flexibility index (Phi) is 5.37. The highest BCUT2D eigenvalue weighted by Crippen LogP contribution is 2.37. The number of benzene rings is 3. The normalized spacial score (nSPS) is 18.6. The molecule has 5 rings (SSSR count). The third-order valence-electron chi connectivity index (χ3n) is 6.11. The Morgan fingerprint density at radius 2 is 1.69 bits per heavy atom. The van der Waals surface area contributed by atoms with E-state index in [0.717, 1.165) is 41.5 Å². The first kappa shape index (κ1) is 20.3. The molecule has 1 aromatic heterocycles. The zero-order chi connectivity index (χ0) is 22.1. The molecule has 3 aromatic carbocycles. The Morgan fingerprint density at radius 3 is 2.44 bits per heavy atom. The minimum Gasteiger partial charge on any atom is -0.360 e. The van der Waals surface area contributed by atoms with Gasteiger partial charge in [-0.1, -0.05) is 36.4 Å². The molecule has 4 aromatic rings. The van der Waals surface area contributed by atoms with Gasteiger partial charge in [0.25, 0.3) is 0 Å². The Morgan fingerprint density at radius 1 is 0.969 bits per heavy atom. The summed E-state index contributed by atoms with van der Waals surface area (Å²) in [4.78, 5) is 13.4. The van der Waals surface area contributed by atoms with E-state index in [4.69, 9.17) is 0 Å². The number of aromatic nitrogens is 2. The molecule has 0 saturated carbocycles. The molecule has 1 aliphatic heterocycles. The quantitative estimate of drug-likeness (QED) is 0.476. The third kappa shape index (κ3) is 3.52. The molecule has 5 nitrogen and oxygen atoms in total. The Labute approximate surface area is 185 Å². The Bertz CT molecular complexity index is 1270. The van der Waals surface area contributed by atoms with E-state index in [0.29, 0.717) is 16.8 Å². The number of nitrogens with zero attached hydrogens (tertiary/aromatic N) is 3. The van der Waals surface area contributed by atoms with Crippen LogP contribution in [0.1, 0.15) is 29.0 Å². The number of carbonyl (C=O) groups is 1. The second-order valence-corrected chi connectivity index (χ2v) is 8.05. The van der Waals surface area contributed by atoms with Gasteiger partial charge in [-0.25, -0.2) is 4.39 Å². The maximum Gasteiger partial charge on any atom is 0.150 e. The van der Waals surface area contributed by atoms with Crippen molar-refractivity contribution in [1.29, 1.82) is 0 Å². The topological polar surface area (TPSA) is 58.1 Å². The van der Waals surface area contributed by atoms with Gasteiger partial charge in [-0.2, -0.15) is 5.10 Å². The first-order valence-corrected chi connectivity index (χ1v) is 10.7. The van der Waals surface area contributed by atoms with Gasteiger partial charge in [0, 0.05) is 46.7 Å². The van der Waals surface area contributed by atoms with Crippen molar-refractivity contribution >= 4 is 22.7 Å². The van der Waals surface area contributed by atoms with Crippen LogP contribution in [0.25, 0.3) is 22.0 Å². The summed E-state index contributed by atoms with van der Waals surface area (Å²) in [6, 6.07) is 22.2. The fraction of sp³-hybridized carbons (Fsp3) is 0.192. The number of hydrogen-bond acceptors (Lipinski definition) is 5. The molecular weight excluding hydrogens is 403 g/mol. The van der Waals surface area contributed by atoms with Gasteiger partial charge in [0.15, 0.2) is 0 Å². The van der Waals surface area contributed by atoms with Crippen LogP contribution in [0.5, 0.6) is 0 Å². The highest BCUT2D eigenvalue weighted by atomic mass is 19.1. The zero-order valence-corrected chi connectivity index (χ0v) is 17.7. The van der Waals surface area contributed by atoms with Crippen molar-refractivity contribution in [3.05, 3.63) is 89.9 Å². The van der Waals surface area contributed by atoms with Crippen LogP contribution in [0.3, 0.4) is 0 Å². The molecule has 1 N–H and O–H groups in total. The highest BCUT2D eigenvalue weighted by molar-refractivity contribution is 5.96. The van der Waals surface area contributed by atoms with Crippen molar-refractivity contribution in [1.82, 2.24) is 15.5 Å². The molecule has 0 aliphatic carbocycles. The molecule has 2 heterocycles. The van der Waals surface area contributed by atoms with Crippen molar-refractivity contribution in [3.63, 3.8) is 0 Å². The SMILES string of the molecule is CC1NCCN(c2ccc(C=O)cc2)C1c1nnc(-c2ccccc2F)c2ccccc12. The lowest BCUT2D eigenvalue weighted by Crippen LogP contribution is -2.52. The van der Waals surface area contributed by atoms with Crippen LogP contribution in [0.4, 0.5) is 10.1 Å². The zero-order valence-electron chi connectivity index (χ0n) is 17.7. The van der Waals surface area contributed by atoms with Crippen LogP contribution in [0.2, 0.25) is 0 Å². The van der Waals surface area contributed by atoms with E-state index in [-0.39, 0.29) is 17.9 Å². The maximum absolute atomic E-state index is 14.6. The molecular formula is C26H23FN4O. The van der Waals surface area contributed by atoms with Gasteiger partial charge in [0.05, 0.1) is 11.7 Å². The van der Waals surface area contributed by atoms with E-state index in [1.165, 1.54) is 6.07 Å². The second-order valence-electron chi connectivity index (χ2n) is 8.05. The van der Waals surface area contributed by atoms with Gasteiger partial charge >= 0.3 is 0 Å². The number of halogens is 1. The van der Waals surface area contributed by atoms with Crippen LogP contribution in [-0.2, 0) is 0 Å². The molecule has 0 bridgehead atoms. The first-order valence-electron chi connectivity index (χ1n) is 10.7. The number of hydrogen-bond donors (Lipinski definition) is 1. The smallest absolute Gasteiger partial charge is 0.150 e. The number of fused-ring (bicyclic) bond motifs is 1. The van der Waals surface area contributed by atoms with Crippen molar-refractivity contribution in [3.8, 4) is 11.3 Å². The summed E-state index contributed by atoms with van der Waals surface area (Å²) >= 11 is 0. The number of rotatable bonds is 4. The number of aldehydes is 1. The lowest BCUT2D eigenvalue weighted by molar-refractivity contribution is 0.112. The van der Waals surface area contributed by atoms with Crippen molar-refractivity contribution < 1.29 is 9.18 Å². The summed E-state index contributed by atoms with van der Waals surface area (Å²) in [5.74, 6) is -0.315. The fourth-order valence-corrected chi connectivity index (χ4v) is 4.55. The molecule has 1 saturated heterocycles. The second kappa shape index (κ2) is 8.48. The summed E-state index contributed by atoms with van der Waals surface area (Å²) in [6.45, 7) is 3.77. The lowest BCUT2D eigenvalue weighted by Gasteiger charge is -2.42. The number of anilines is 1. The largest absolute Gasteiger partial charge is 0.360 e. The third-order valence-corrected chi connectivity index (χ3v) is 6.11. The monoisotopic (exact) mass is 426 g/mol. The van der Waals surface area contributed by atoms with Gasteiger partial charge in [0.1, 0.15) is 17.8 Å². The van der Waals surface area contributed by atoms with Crippen molar-refractivity contribution in [2.75, 3.05) is 18.0 Å². The predicted octanol–water partition coefficient (Wildman–Crippen LogP) is 4.79. The molecule has 1 fully saturated rings. The van der Waals surface area contributed by atoms with Crippen molar-refractivity contribution in [2.45, 2.75) is 19.0 Å². The molecule has 6 heteroatoms. The number of nitrogens with one attached hydrogen (secondary N) is 1. The Hall–Kier alpha value is -3.64. The molecule has 0 radical (unpaired) electrons. The minimum absolute atomic E-state index is 0.0714. The van der Waals surface area contributed by atoms with Gasteiger partial charge in [-0.05, 0) is 43.3 Å².